The van der Waals surface area contributed by atoms with Crippen LogP contribution in [0.25, 0.3) is 0 Å². The van der Waals surface area contributed by atoms with E-state index in [1.165, 1.54) is 62.7 Å². The first-order chi connectivity index (χ1) is 12.7. The van der Waals surface area contributed by atoms with E-state index in [4.69, 9.17) is 0 Å². The second-order valence-corrected chi connectivity index (χ2v) is 9.26. The molecule has 0 aromatic heterocycles. The van der Waals surface area contributed by atoms with Crippen LogP contribution in [0.4, 0.5) is 0 Å². The summed E-state index contributed by atoms with van der Waals surface area (Å²) in [6.07, 6.45) is 9.02. The minimum Gasteiger partial charge on any atom is -0.300 e. The van der Waals surface area contributed by atoms with Gasteiger partial charge in [0.2, 0.25) is 0 Å². The monoisotopic (exact) mass is 349 g/mol. The Morgan fingerprint density at radius 2 is 1.77 bits per heavy atom. The third-order valence-electron chi connectivity index (χ3n) is 7.90. The normalized spacial score (nSPS) is 40.3. The summed E-state index contributed by atoms with van der Waals surface area (Å²) in [6.45, 7) is 5.85. The lowest BCUT2D eigenvalue weighted by molar-refractivity contribution is -0.108. The van der Waals surface area contributed by atoms with Gasteiger partial charge >= 0.3 is 0 Å². The standard InChI is InChI=1S/C23H31N3/c1-17-7-9-20(10-8-17)23(16-24)11-4-6-22-18-13-19(15-26(22)23)21-5-2-3-12-25(21)14-18/h7-10,18-19,21-22H,2-6,11-15H2,1H3/t18-,19-,21-,22+,23-/m0/s1. The van der Waals surface area contributed by atoms with E-state index in [0.717, 1.165) is 30.8 Å². The van der Waals surface area contributed by atoms with Crippen LogP contribution in [0.3, 0.4) is 0 Å². The largest absolute Gasteiger partial charge is 0.300 e. The number of piperidine rings is 4. The van der Waals surface area contributed by atoms with E-state index in [-0.39, 0.29) is 0 Å². The molecule has 1 aromatic rings. The maximum Gasteiger partial charge on any atom is 0.135 e. The molecule has 26 heavy (non-hydrogen) atoms. The molecule has 4 heterocycles. The van der Waals surface area contributed by atoms with Gasteiger partial charge in [-0.2, -0.15) is 5.26 Å². The van der Waals surface area contributed by atoms with E-state index in [1.807, 2.05) is 0 Å². The van der Waals surface area contributed by atoms with Gasteiger partial charge in [-0.15, -0.1) is 0 Å². The lowest BCUT2D eigenvalue weighted by Gasteiger charge is -2.60. The predicted molar refractivity (Wildman–Crippen MR) is 104 cm³/mol. The fraction of sp³-hybridized carbons (Fsp3) is 0.696. The molecule has 0 aliphatic carbocycles. The molecule has 4 fully saturated rings. The Labute approximate surface area is 158 Å². The lowest BCUT2D eigenvalue weighted by atomic mass is 9.67. The molecule has 0 spiro atoms. The van der Waals surface area contributed by atoms with E-state index in [2.05, 4.69) is 47.1 Å². The van der Waals surface area contributed by atoms with Gasteiger partial charge in [-0.05, 0) is 69.4 Å². The van der Waals surface area contributed by atoms with Gasteiger partial charge in [-0.3, -0.25) is 9.80 Å². The van der Waals surface area contributed by atoms with Crippen molar-refractivity contribution in [3.05, 3.63) is 35.4 Å². The molecule has 0 saturated carbocycles. The molecule has 3 nitrogen and oxygen atoms in total. The summed E-state index contributed by atoms with van der Waals surface area (Å²) in [6, 6.07) is 13.0. The minimum absolute atomic E-state index is 0.398. The minimum atomic E-state index is -0.398. The van der Waals surface area contributed by atoms with Crippen LogP contribution in [0, 0.1) is 30.1 Å². The van der Waals surface area contributed by atoms with Crippen molar-refractivity contribution in [2.45, 2.75) is 69.5 Å². The predicted octanol–water partition coefficient (Wildman–Crippen LogP) is 4.07. The second-order valence-electron chi connectivity index (χ2n) is 9.26. The second kappa shape index (κ2) is 6.36. The molecule has 0 radical (unpaired) electrons. The third-order valence-corrected chi connectivity index (χ3v) is 7.90. The first kappa shape index (κ1) is 16.8. The maximum absolute atomic E-state index is 10.4. The molecule has 4 aliphatic rings. The lowest BCUT2D eigenvalue weighted by Crippen LogP contribution is -2.67. The van der Waals surface area contributed by atoms with Crippen LogP contribution < -0.4 is 0 Å². The molecule has 0 unspecified atom stereocenters. The van der Waals surface area contributed by atoms with E-state index in [1.54, 1.807) is 0 Å². The first-order valence-corrected chi connectivity index (χ1v) is 10.7. The van der Waals surface area contributed by atoms with Crippen molar-refractivity contribution in [2.24, 2.45) is 11.8 Å². The van der Waals surface area contributed by atoms with E-state index in [9.17, 15) is 5.26 Å². The van der Waals surface area contributed by atoms with Gasteiger partial charge in [0, 0.05) is 25.2 Å². The molecule has 4 saturated heterocycles. The van der Waals surface area contributed by atoms with E-state index < -0.39 is 5.54 Å². The van der Waals surface area contributed by atoms with Crippen LogP contribution in [0.15, 0.2) is 24.3 Å². The molecule has 138 valence electrons. The molecule has 1 aromatic carbocycles. The van der Waals surface area contributed by atoms with Crippen molar-refractivity contribution in [1.82, 2.24) is 9.80 Å². The molecule has 5 rings (SSSR count). The fourth-order valence-electron chi connectivity index (χ4n) is 6.68. The SMILES string of the molecule is Cc1ccc([C@@]2(C#N)CCC[C@@H]3[C@H]4C[C@@H](CN32)[C@@H]2CCCCN2C4)cc1. The quantitative estimate of drug-likeness (QED) is 0.765. The average molecular weight is 350 g/mol. The van der Waals surface area contributed by atoms with E-state index >= 15 is 0 Å². The summed E-state index contributed by atoms with van der Waals surface area (Å²) in [7, 11) is 0. The van der Waals surface area contributed by atoms with Crippen molar-refractivity contribution in [1.29, 1.82) is 5.26 Å². The molecule has 5 atom stereocenters. The van der Waals surface area contributed by atoms with Gasteiger partial charge in [0.05, 0.1) is 6.07 Å². The Kier molecular flexibility index (Phi) is 4.10. The number of nitriles is 1. The van der Waals surface area contributed by atoms with Crippen LogP contribution in [0.2, 0.25) is 0 Å². The van der Waals surface area contributed by atoms with E-state index in [0.29, 0.717) is 6.04 Å². The number of rotatable bonds is 1. The number of aryl methyl sites for hydroxylation is 1. The Morgan fingerprint density at radius 3 is 2.58 bits per heavy atom. The zero-order chi connectivity index (χ0) is 17.7. The number of benzene rings is 1. The summed E-state index contributed by atoms with van der Waals surface area (Å²) >= 11 is 0. The Hall–Kier alpha value is -1.37. The highest BCUT2D eigenvalue weighted by molar-refractivity contribution is 5.35. The molecular formula is C23H31N3. The number of hydrogen-bond acceptors (Lipinski definition) is 3. The first-order valence-electron chi connectivity index (χ1n) is 10.7. The zero-order valence-electron chi connectivity index (χ0n) is 16.0. The summed E-state index contributed by atoms with van der Waals surface area (Å²) in [5.74, 6) is 1.53. The van der Waals surface area contributed by atoms with Crippen molar-refractivity contribution in [2.75, 3.05) is 19.6 Å². The molecular weight excluding hydrogens is 318 g/mol. The number of fused-ring (bicyclic) bond motifs is 6. The summed E-state index contributed by atoms with van der Waals surface area (Å²) < 4.78 is 0. The molecule has 4 aliphatic heterocycles. The summed E-state index contributed by atoms with van der Waals surface area (Å²) in [5.41, 5.74) is 2.11. The summed E-state index contributed by atoms with van der Waals surface area (Å²) in [4.78, 5) is 5.49. The molecule has 0 N–H and O–H groups in total. The highest BCUT2D eigenvalue weighted by Gasteiger charge is 2.54. The van der Waals surface area contributed by atoms with Crippen LogP contribution >= 0.6 is 0 Å². The molecule has 2 bridgehead atoms. The Balaban J connectivity index is 1.51. The maximum atomic E-state index is 10.4. The smallest absolute Gasteiger partial charge is 0.135 e. The van der Waals surface area contributed by atoms with Crippen molar-refractivity contribution in [3.63, 3.8) is 0 Å². The van der Waals surface area contributed by atoms with Gasteiger partial charge in [0.15, 0.2) is 0 Å². The zero-order valence-corrected chi connectivity index (χ0v) is 16.0. The highest BCUT2D eigenvalue weighted by Crippen LogP contribution is 2.49. The van der Waals surface area contributed by atoms with Crippen LogP contribution in [-0.4, -0.2) is 41.5 Å². The summed E-state index contributed by atoms with van der Waals surface area (Å²) in [5, 5.41) is 10.4. The Morgan fingerprint density at radius 1 is 1.00 bits per heavy atom. The van der Waals surface area contributed by atoms with Crippen molar-refractivity contribution >= 4 is 0 Å². The number of hydrogen-bond donors (Lipinski definition) is 0. The van der Waals surface area contributed by atoms with Gasteiger partial charge in [0.25, 0.3) is 0 Å². The Bertz CT molecular complexity index is 705. The van der Waals surface area contributed by atoms with Crippen LogP contribution in [0.5, 0.6) is 0 Å². The van der Waals surface area contributed by atoms with Crippen molar-refractivity contribution < 1.29 is 0 Å². The third kappa shape index (κ3) is 2.46. The van der Waals surface area contributed by atoms with Crippen LogP contribution in [-0.2, 0) is 5.54 Å². The van der Waals surface area contributed by atoms with Gasteiger partial charge < -0.3 is 0 Å². The topological polar surface area (TPSA) is 30.3 Å². The van der Waals surface area contributed by atoms with Crippen LogP contribution in [0.1, 0.15) is 56.1 Å². The fourth-order valence-corrected chi connectivity index (χ4v) is 6.68. The molecule has 0 amide bonds. The van der Waals surface area contributed by atoms with Crippen molar-refractivity contribution in [3.8, 4) is 6.07 Å². The molecule has 3 heteroatoms. The van der Waals surface area contributed by atoms with Gasteiger partial charge in [0.1, 0.15) is 5.54 Å². The van der Waals surface area contributed by atoms with Gasteiger partial charge in [-0.25, -0.2) is 0 Å². The van der Waals surface area contributed by atoms with Gasteiger partial charge in [-0.1, -0.05) is 36.2 Å². The highest BCUT2D eigenvalue weighted by atomic mass is 15.3. The average Bonchev–Trinajstić information content (AvgIpc) is 2.68. The number of nitrogens with zero attached hydrogens (tertiary/aromatic N) is 3.